The Morgan fingerprint density at radius 3 is 2.42 bits per heavy atom. The molecule has 3 aromatic rings. The Labute approximate surface area is 187 Å². The molecule has 1 aromatic heterocycles. The zero-order chi connectivity index (χ0) is 22.6. The molecule has 0 radical (unpaired) electrons. The first-order valence-corrected chi connectivity index (χ1v) is 11.1. The van der Waals surface area contributed by atoms with Crippen molar-refractivity contribution in [1.82, 2.24) is 14.9 Å². The number of aromatic nitrogens is 2. The molecule has 0 aliphatic rings. The summed E-state index contributed by atoms with van der Waals surface area (Å²) in [5, 5.41) is 8.72. The van der Waals surface area contributed by atoms with Crippen LogP contribution in [0.25, 0.3) is 0 Å². The van der Waals surface area contributed by atoms with Crippen LogP contribution in [0.3, 0.4) is 0 Å². The normalized spacial score (nSPS) is 12.3. The Hall–Kier alpha value is -3.06. The number of aryl methyl sites for hydroxylation is 1. The summed E-state index contributed by atoms with van der Waals surface area (Å²) in [5.74, 6) is -0.601. The van der Waals surface area contributed by atoms with E-state index in [1.54, 1.807) is 10.3 Å². The lowest BCUT2D eigenvalue weighted by Gasteiger charge is -2.35. The zero-order valence-corrected chi connectivity index (χ0v) is 19.4. The number of hydrogen-bond donors (Lipinski definition) is 1. The van der Waals surface area contributed by atoms with E-state index in [1.165, 1.54) is 0 Å². The molecular weight excluding hydrogens is 408 g/mol. The fourth-order valence-corrected chi connectivity index (χ4v) is 3.72. The van der Waals surface area contributed by atoms with E-state index in [1.807, 2.05) is 83.1 Å². The van der Waals surface area contributed by atoms with Gasteiger partial charge in [-0.25, -0.2) is 0 Å². The molecule has 0 saturated heterocycles. The van der Waals surface area contributed by atoms with Crippen molar-refractivity contribution in [3.8, 4) is 0 Å². The lowest BCUT2D eigenvalue weighted by atomic mass is 9.97. The predicted molar refractivity (Wildman–Crippen MR) is 124 cm³/mol. The van der Waals surface area contributed by atoms with Gasteiger partial charge in [0.05, 0.1) is 0 Å². The highest BCUT2D eigenvalue weighted by Crippen LogP contribution is 2.33. The highest BCUT2D eigenvalue weighted by Gasteiger charge is 2.36. The van der Waals surface area contributed by atoms with Crippen LogP contribution < -0.4 is 10.2 Å². The van der Waals surface area contributed by atoms with Crippen molar-refractivity contribution in [2.75, 3.05) is 4.90 Å². The van der Waals surface area contributed by atoms with Crippen molar-refractivity contribution in [1.29, 1.82) is 0 Å². The van der Waals surface area contributed by atoms with Gasteiger partial charge < -0.3 is 5.32 Å². The van der Waals surface area contributed by atoms with Crippen LogP contribution in [0.15, 0.2) is 53.9 Å². The molecule has 6 nitrogen and oxygen atoms in total. The van der Waals surface area contributed by atoms with E-state index >= 15 is 0 Å². The van der Waals surface area contributed by atoms with Crippen molar-refractivity contribution >= 4 is 29.0 Å². The third-order valence-electron chi connectivity index (χ3n) is 5.60. The molecule has 1 atom stereocenters. The molecule has 2 aromatic carbocycles. The fraction of sp³-hybridized carbons (Fsp3) is 0.333. The average Bonchev–Trinajstić information content (AvgIpc) is 3.29. The standard InChI is InChI=1S/C24H28N4O2S/c1-6-24(4,5)25-22(29)21(18-12-8-7-9-13-18)28(23(30)19-15-31-27-26-19)20-14-10-11-16(2)17(20)3/h7-15,21H,6H2,1-5H3,(H,25,29)/t21-/m0/s1. The first-order chi connectivity index (χ1) is 14.7. The third-order valence-corrected chi connectivity index (χ3v) is 6.11. The minimum absolute atomic E-state index is 0.217. The number of nitrogens with zero attached hydrogens (tertiary/aromatic N) is 3. The van der Waals surface area contributed by atoms with Gasteiger partial charge in [-0.3, -0.25) is 14.5 Å². The van der Waals surface area contributed by atoms with Crippen LogP contribution in [0.2, 0.25) is 0 Å². The molecule has 0 spiro atoms. The van der Waals surface area contributed by atoms with E-state index in [9.17, 15) is 9.59 Å². The molecule has 0 aliphatic carbocycles. The van der Waals surface area contributed by atoms with Gasteiger partial charge in [-0.05, 0) is 68.4 Å². The Balaban J connectivity index is 2.21. The maximum absolute atomic E-state index is 13.7. The van der Waals surface area contributed by atoms with E-state index < -0.39 is 11.6 Å². The van der Waals surface area contributed by atoms with E-state index in [0.717, 1.165) is 34.6 Å². The molecule has 3 rings (SSSR count). The topological polar surface area (TPSA) is 75.2 Å². The van der Waals surface area contributed by atoms with Crippen LogP contribution in [-0.4, -0.2) is 26.9 Å². The largest absolute Gasteiger partial charge is 0.349 e. The van der Waals surface area contributed by atoms with Crippen molar-refractivity contribution < 1.29 is 9.59 Å². The molecule has 1 N–H and O–H groups in total. The summed E-state index contributed by atoms with van der Waals surface area (Å²) >= 11 is 1.11. The third kappa shape index (κ3) is 4.99. The van der Waals surface area contributed by atoms with E-state index in [0.29, 0.717) is 5.69 Å². The van der Waals surface area contributed by atoms with Crippen LogP contribution in [-0.2, 0) is 4.79 Å². The summed E-state index contributed by atoms with van der Waals surface area (Å²) in [6.07, 6.45) is 0.758. The zero-order valence-electron chi connectivity index (χ0n) is 18.5. The van der Waals surface area contributed by atoms with Crippen LogP contribution in [0, 0.1) is 13.8 Å². The van der Waals surface area contributed by atoms with Gasteiger partial charge in [0.25, 0.3) is 5.91 Å². The maximum atomic E-state index is 13.7. The maximum Gasteiger partial charge on any atom is 0.280 e. The molecule has 0 bridgehead atoms. The Morgan fingerprint density at radius 1 is 1.10 bits per heavy atom. The van der Waals surface area contributed by atoms with Crippen molar-refractivity contribution in [3.63, 3.8) is 0 Å². The number of anilines is 1. The predicted octanol–water partition coefficient (Wildman–Crippen LogP) is 4.85. The van der Waals surface area contributed by atoms with Gasteiger partial charge in [0, 0.05) is 16.6 Å². The number of rotatable bonds is 7. The van der Waals surface area contributed by atoms with Gasteiger partial charge in [-0.1, -0.05) is 53.9 Å². The summed E-state index contributed by atoms with van der Waals surface area (Å²) in [6.45, 7) is 9.92. The number of benzene rings is 2. The van der Waals surface area contributed by atoms with Crippen LogP contribution in [0.1, 0.15) is 60.4 Å². The molecule has 0 saturated carbocycles. The molecule has 0 fully saturated rings. The minimum Gasteiger partial charge on any atom is -0.349 e. The molecule has 31 heavy (non-hydrogen) atoms. The first kappa shape index (κ1) is 22.6. The lowest BCUT2D eigenvalue weighted by Crippen LogP contribution is -2.50. The average molecular weight is 437 g/mol. The fourth-order valence-electron chi connectivity index (χ4n) is 3.29. The van der Waals surface area contributed by atoms with Gasteiger partial charge in [0.2, 0.25) is 5.91 Å². The number of carbonyl (C=O) groups is 2. The lowest BCUT2D eigenvalue weighted by molar-refractivity contribution is -0.124. The Kier molecular flexibility index (Phi) is 6.85. The second kappa shape index (κ2) is 9.39. The Morgan fingerprint density at radius 2 is 1.81 bits per heavy atom. The van der Waals surface area contributed by atoms with Crippen LogP contribution >= 0.6 is 11.5 Å². The van der Waals surface area contributed by atoms with Crippen molar-refractivity contribution in [3.05, 3.63) is 76.3 Å². The van der Waals surface area contributed by atoms with Gasteiger partial charge in [0.15, 0.2) is 5.69 Å². The highest BCUT2D eigenvalue weighted by molar-refractivity contribution is 7.03. The molecule has 0 unspecified atom stereocenters. The minimum atomic E-state index is -0.860. The monoisotopic (exact) mass is 436 g/mol. The first-order valence-electron chi connectivity index (χ1n) is 10.3. The van der Waals surface area contributed by atoms with Crippen LogP contribution in [0.5, 0.6) is 0 Å². The van der Waals surface area contributed by atoms with E-state index in [4.69, 9.17) is 0 Å². The smallest absolute Gasteiger partial charge is 0.280 e. The Bertz CT molecular complexity index is 1050. The number of hydrogen-bond acceptors (Lipinski definition) is 5. The molecule has 0 aliphatic heterocycles. The van der Waals surface area contributed by atoms with Gasteiger partial charge in [-0.2, -0.15) is 0 Å². The number of nitrogens with one attached hydrogen (secondary N) is 1. The molecule has 162 valence electrons. The summed E-state index contributed by atoms with van der Waals surface area (Å²) in [4.78, 5) is 28.9. The van der Waals surface area contributed by atoms with Gasteiger partial charge >= 0.3 is 0 Å². The molecule has 7 heteroatoms. The van der Waals surface area contributed by atoms with E-state index in [-0.39, 0.29) is 17.5 Å². The number of carbonyl (C=O) groups excluding carboxylic acids is 2. The van der Waals surface area contributed by atoms with E-state index in [2.05, 4.69) is 14.9 Å². The molecular formula is C24H28N4O2S. The highest BCUT2D eigenvalue weighted by atomic mass is 32.1. The molecule has 2 amide bonds. The summed E-state index contributed by atoms with van der Waals surface area (Å²) in [7, 11) is 0. The van der Waals surface area contributed by atoms with Gasteiger partial charge in [0.1, 0.15) is 6.04 Å². The van der Waals surface area contributed by atoms with Crippen LogP contribution in [0.4, 0.5) is 5.69 Å². The summed E-state index contributed by atoms with van der Waals surface area (Å²) in [5.41, 5.74) is 3.17. The number of amides is 2. The van der Waals surface area contributed by atoms with Crippen molar-refractivity contribution in [2.45, 2.75) is 52.6 Å². The molecule has 1 heterocycles. The van der Waals surface area contributed by atoms with Crippen molar-refractivity contribution in [2.24, 2.45) is 0 Å². The summed E-state index contributed by atoms with van der Waals surface area (Å²) in [6, 6.07) is 14.3. The quantitative estimate of drug-likeness (QED) is 0.575. The SMILES string of the molecule is CCC(C)(C)NC(=O)[C@H](c1ccccc1)N(C(=O)c1csnn1)c1cccc(C)c1C. The second-order valence-electron chi connectivity index (χ2n) is 8.22. The summed E-state index contributed by atoms with van der Waals surface area (Å²) < 4.78 is 3.85. The second-order valence-corrected chi connectivity index (χ2v) is 8.83. The van der Waals surface area contributed by atoms with Gasteiger partial charge in [-0.15, -0.1) is 5.10 Å².